The van der Waals surface area contributed by atoms with Gasteiger partial charge >= 0.3 is 0 Å². The monoisotopic (exact) mass is 309 g/mol. The SMILES string of the molecule is O=C(CN1CCCc2ccccc21)NNC(=O)c1ccccc1. The molecule has 2 amide bonds. The highest BCUT2D eigenvalue weighted by atomic mass is 16.2. The number of benzene rings is 2. The zero-order chi connectivity index (χ0) is 16.1. The van der Waals surface area contributed by atoms with E-state index < -0.39 is 0 Å². The summed E-state index contributed by atoms with van der Waals surface area (Å²) in [6.45, 7) is 1.07. The summed E-state index contributed by atoms with van der Waals surface area (Å²) in [4.78, 5) is 26.0. The van der Waals surface area contributed by atoms with E-state index in [-0.39, 0.29) is 18.4 Å². The highest BCUT2D eigenvalue weighted by molar-refractivity contribution is 5.95. The Morgan fingerprint density at radius 2 is 1.70 bits per heavy atom. The van der Waals surface area contributed by atoms with Crippen molar-refractivity contribution < 1.29 is 9.59 Å². The molecule has 0 bridgehead atoms. The van der Waals surface area contributed by atoms with Gasteiger partial charge in [0.15, 0.2) is 0 Å². The number of para-hydroxylation sites is 1. The molecule has 5 nitrogen and oxygen atoms in total. The van der Waals surface area contributed by atoms with Crippen molar-refractivity contribution in [2.75, 3.05) is 18.0 Å². The smallest absolute Gasteiger partial charge is 0.269 e. The Kier molecular flexibility index (Phi) is 4.57. The number of hydrazine groups is 1. The maximum absolute atomic E-state index is 12.1. The number of nitrogens with one attached hydrogen (secondary N) is 2. The molecule has 0 fully saturated rings. The maximum Gasteiger partial charge on any atom is 0.269 e. The Morgan fingerprint density at radius 1 is 0.957 bits per heavy atom. The van der Waals surface area contributed by atoms with Crippen LogP contribution in [0.15, 0.2) is 54.6 Å². The lowest BCUT2D eigenvalue weighted by atomic mass is 10.0. The number of fused-ring (bicyclic) bond motifs is 1. The van der Waals surface area contributed by atoms with E-state index in [0.717, 1.165) is 25.1 Å². The lowest BCUT2D eigenvalue weighted by molar-refractivity contribution is -0.120. The van der Waals surface area contributed by atoms with E-state index in [1.165, 1.54) is 5.56 Å². The van der Waals surface area contributed by atoms with Crippen LogP contribution in [0.5, 0.6) is 0 Å². The number of anilines is 1. The highest BCUT2D eigenvalue weighted by Crippen LogP contribution is 2.26. The lowest BCUT2D eigenvalue weighted by Gasteiger charge is -2.30. The van der Waals surface area contributed by atoms with E-state index in [2.05, 4.69) is 16.9 Å². The normalized spacial score (nSPS) is 13.1. The first-order valence-electron chi connectivity index (χ1n) is 7.71. The second kappa shape index (κ2) is 6.96. The highest BCUT2D eigenvalue weighted by Gasteiger charge is 2.18. The summed E-state index contributed by atoms with van der Waals surface area (Å²) in [6, 6.07) is 16.9. The largest absolute Gasteiger partial charge is 0.362 e. The third-order valence-corrected chi connectivity index (χ3v) is 3.89. The van der Waals surface area contributed by atoms with Gasteiger partial charge in [0.2, 0.25) is 0 Å². The van der Waals surface area contributed by atoms with Gasteiger partial charge in [-0.05, 0) is 36.6 Å². The van der Waals surface area contributed by atoms with Crippen LogP contribution in [0.3, 0.4) is 0 Å². The fourth-order valence-corrected chi connectivity index (χ4v) is 2.78. The quantitative estimate of drug-likeness (QED) is 0.851. The zero-order valence-corrected chi connectivity index (χ0v) is 12.8. The van der Waals surface area contributed by atoms with Crippen molar-refractivity contribution in [3.05, 3.63) is 65.7 Å². The number of carbonyl (C=O) groups excluding carboxylic acids is 2. The topological polar surface area (TPSA) is 61.4 Å². The van der Waals surface area contributed by atoms with Crippen molar-refractivity contribution in [2.45, 2.75) is 12.8 Å². The third-order valence-electron chi connectivity index (χ3n) is 3.89. The van der Waals surface area contributed by atoms with Gasteiger partial charge in [-0.1, -0.05) is 36.4 Å². The van der Waals surface area contributed by atoms with Crippen molar-refractivity contribution >= 4 is 17.5 Å². The molecule has 0 saturated carbocycles. The zero-order valence-electron chi connectivity index (χ0n) is 12.8. The van der Waals surface area contributed by atoms with Crippen LogP contribution >= 0.6 is 0 Å². The van der Waals surface area contributed by atoms with E-state index in [1.807, 2.05) is 29.2 Å². The molecule has 0 aliphatic carbocycles. The molecular formula is C18H19N3O2. The molecule has 2 aromatic rings. The standard InChI is InChI=1S/C18H19N3O2/c22-17(19-20-18(23)15-8-2-1-3-9-15)13-21-12-6-10-14-7-4-5-11-16(14)21/h1-5,7-9,11H,6,10,12-13H2,(H,19,22)(H,20,23). The number of nitrogens with zero attached hydrogens (tertiary/aromatic N) is 1. The lowest BCUT2D eigenvalue weighted by Crippen LogP contribution is -2.47. The Labute approximate surface area is 135 Å². The minimum Gasteiger partial charge on any atom is -0.362 e. The fraction of sp³-hybridized carbons (Fsp3) is 0.222. The molecule has 0 aromatic heterocycles. The van der Waals surface area contributed by atoms with Crippen molar-refractivity contribution in [1.29, 1.82) is 0 Å². The van der Waals surface area contributed by atoms with Gasteiger partial charge in [0, 0.05) is 17.8 Å². The van der Waals surface area contributed by atoms with Crippen LogP contribution < -0.4 is 15.8 Å². The van der Waals surface area contributed by atoms with Crippen LogP contribution in [0.1, 0.15) is 22.3 Å². The average molecular weight is 309 g/mol. The third kappa shape index (κ3) is 3.69. The average Bonchev–Trinajstić information content (AvgIpc) is 2.61. The summed E-state index contributed by atoms with van der Waals surface area (Å²) in [5.41, 5.74) is 7.80. The molecule has 23 heavy (non-hydrogen) atoms. The van der Waals surface area contributed by atoms with E-state index in [9.17, 15) is 9.59 Å². The number of amides is 2. The molecule has 0 saturated heterocycles. The number of aryl methyl sites for hydroxylation is 1. The molecule has 0 radical (unpaired) electrons. The second-order valence-corrected chi connectivity index (χ2v) is 5.52. The first-order chi connectivity index (χ1) is 11.2. The van der Waals surface area contributed by atoms with Crippen LogP contribution in [0.4, 0.5) is 5.69 Å². The summed E-state index contributed by atoms with van der Waals surface area (Å²) in [5, 5.41) is 0. The Balaban J connectivity index is 1.55. The Morgan fingerprint density at radius 3 is 2.52 bits per heavy atom. The van der Waals surface area contributed by atoms with Crippen molar-refractivity contribution in [2.24, 2.45) is 0 Å². The number of carbonyl (C=O) groups is 2. The van der Waals surface area contributed by atoms with E-state index in [4.69, 9.17) is 0 Å². The van der Waals surface area contributed by atoms with E-state index in [0.29, 0.717) is 5.56 Å². The van der Waals surface area contributed by atoms with E-state index in [1.54, 1.807) is 24.3 Å². The minimum atomic E-state index is -0.321. The van der Waals surface area contributed by atoms with E-state index >= 15 is 0 Å². The predicted molar refractivity (Wildman–Crippen MR) is 89.0 cm³/mol. The number of hydrogen-bond donors (Lipinski definition) is 2. The van der Waals surface area contributed by atoms with Gasteiger partial charge in [0.05, 0.1) is 6.54 Å². The van der Waals surface area contributed by atoms with Crippen LogP contribution in [-0.2, 0) is 11.2 Å². The molecule has 2 aromatic carbocycles. The molecule has 1 aliphatic rings. The van der Waals surface area contributed by atoms with Gasteiger partial charge in [0.1, 0.15) is 0 Å². The molecule has 2 N–H and O–H groups in total. The first kappa shape index (κ1) is 15.1. The van der Waals surface area contributed by atoms with Gasteiger partial charge in [-0.2, -0.15) is 0 Å². The molecule has 5 heteroatoms. The van der Waals surface area contributed by atoms with Gasteiger partial charge < -0.3 is 4.90 Å². The maximum atomic E-state index is 12.1. The van der Waals surface area contributed by atoms with Crippen molar-refractivity contribution in [3.8, 4) is 0 Å². The Hall–Kier alpha value is -2.82. The summed E-state index contributed by atoms with van der Waals surface area (Å²) < 4.78 is 0. The fourth-order valence-electron chi connectivity index (χ4n) is 2.78. The molecule has 0 unspecified atom stereocenters. The summed E-state index contributed by atoms with van der Waals surface area (Å²) in [7, 11) is 0. The number of hydrogen-bond acceptors (Lipinski definition) is 3. The minimum absolute atomic E-state index is 0.228. The second-order valence-electron chi connectivity index (χ2n) is 5.52. The van der Waals surface area contributed by atoms with Crippen molar-refractivity contribution in [1.82, 2.24) is 10.9 Å². The van der Waals surface area contributed by atoms with Gasteiger partial charge in [-0.15, -0.1) is 0 Å². The molecule has 1 aliphatic heterocycles. The van der Waals surface area contributed by atoms with Gasteiger partial charge in [0.25, 0.3) is 11.8 Å². The number of rotatable bonds is 3. The van der Waals surface area contributed by atoms with Gasteiger partial charge in [-0.25, -0.2) is 0 Å². The molecule has 1 heterocycles. The van der Waals surface area contributed by atoms with Crippen LogP contribution in [0.2, 0.25) is 0 Å². The summed E-state index contributed by atoms with van der Waals surface area (Å²) in [6.07, 6.45) is 2.07. The van der Waals surface area contributed by atoms with Gasteiger partial charge in [-0.3, -0.25) is 20.4 Å². The molecule has 0 atom stereocenters. The molecular weight excluding hydrogens is 290 g/mol. The Bertz CT molecular complexity index is 700. The van der Waals surface area contributed by atoms with Crippen LogP contribution in [0, 0.1) is 0 Å². The van der Waals surface area contributed by atoms with Crippen LogP contribution in [-0.4, -0.2) is 24.9 Å². The molecule has 0 spiro atoms. The molecule has 3 rings (SSSR count). The first-order valence-corrected chi connectivity index (χ1v) is 7.71. The molecule has 118 valence electrons. The summed E-state index contributed by atoms with van der Waals surface area (Å²) >= 11 is 0. The van der Waals surface area contributed by atoms with Crippen molar-refractivity contribution in [3.63, 3.8) is 0 Å². The summed E-state index contributed by atoms with van der Waals surface area (Å²) in [5.74, 6) is -0.552. The predicted octanol–water partition coefficient (Wildman–Crippen LogP) is 1.90. The van der Waals surface area contributed by atoms with Crippen LogP contribution in [0.25, 0.3) is 0 Å².